The quantitative estimate of drug-likeness (QED) is 0.787. The standard InChI is InChI=1S/C11H7Cl3N2/c12-8-3-6(4-9(13)11(8)14)10-2-1-7(15)5-16-10/h1-5H,15H2. The minimum absolute atomic E-state index is 0.350. The second-order valence-electron chi connectivity index (χ2n) is 3.23. The Morgan fingerprint density at radius 3 is 2.12 bits per heavy atom. The molecule has 0 unspecified atom stereocenters. The molecule has 0 spiro atoms. The smallest absolute Gasteiger partial charge is 0.0778 e. The van der Waals surface area contributed by atoms with Crippen LogP contribution in [-0.4, -0.2) is 4.98 Å². The van der Waals surface area contributed by atoms with Crippen LogP contribution in [0.4, 0.5) is 5.69 Å². The van der Waals surface area contributed by atoms with Gasteiger partial charge in [-0.2, -0.15) is 0 Å². The number of pyridine rings is 1. The molecule has 2 nitrogen and oxygen atoms in total. The summed E-state index contributed by atoms with van der Waals surface area (Å²) < 4.78 is 0. The Hall–Kier alpha value is -0.960. The van der Waals surface area contributed by atoms with Gasteiger partial charge in [0.05, 0.1) is 32.6 Å². The van der Waals surface area contributed by atoms with Crippen molar-refractivity contribution >= 4 is 40.5 Å². The van der Waals surface area contributed by atoms with Gasteiger partial charge in [0.15, 0.2) is 0 Å². The van der Waals surface area contributed by atoms with Crippen molar-refractivity contribution in [3.63, 3.8) is 0 Å². The Morgan fingerprint density at radius 1 is 1.00 bits per heavy atom. The summed E-state index contributed by atoms with van der Waals surface area (Å²) in [4.78, 5) is 4.18. The number of anilines is 1. The van der Waals surface area contributed by atoms with Gasteiger partial charge in [-0.3, -0.25) is 4.98 Å². The van der Waals surface area contributed by atoms with Crippen LogP contribution in [0, 0.1) is 0 Å². The second kappa shape index (κ2) is 4.50. The van der Waals surface area contributed by atoms with E-state index in [9.17, 15) is 0 Å². The number of benzene rings is 1. The van der Waals surface area contributed by atoms with Crippen molar-refractivity contribution in [1.82, 2.24) is 4.98 Å². The molecule has 0 fully saturated rings. The van der Waals surface area contributed by atoms with Gasteiger partial charge in [-0.05, 0) is 24.3 Å². The maximum atomic E-state index is 5.93. The van der Waals surface area contributed by atoms with Crippen molar-refractivity contribution in [3.8, 4) is 11.3 Å². The minimum Gasteiger partial charge on any atom is -0.397 e. The molecule has 1 aromatic carbocycles. The number of halogens is 3. The molecule has 0 saturated heterocycles. The molecule has 0 aliphatic heterocycles. The Morgan fingerprint density at radius 2 is 1.62 bits per heavy atom. The summed E-state index contributed by atoms with van der Waals surface area (Å²) >= 11 is 17.7. The Kier molecular flexibility index (Phi) is 3.24. The molecule has 2 rings (SSSR count). The van der Waals surface area contributed by atoms with Crippen LogP contribution < -0.4 is 5.73 Å². The van der Waals surface area contributed by atoms with E-state index in [4.69, 9.17) is 40.5 Å². The van der Waals surface area contributed by atoms with Crippen molar-refractivity contribution in [1.29, 1.82) is 0 Å². The van der Waals surface area contributed by atoms with Gasteiger partial charge in [-0.1, -0.05) is 34.8 Å². The number of aromatic nitrogens is 1. The number of nitrogens with two attached hydrogens (primary N) is 1. The van der Waals surface area contributed by atoms with E-state index < -0.39 is 0 Å². The normalized spacial score (nSPS) is 10.4. The number of hydrogen-bond donors (Lipinski definition) is 1. The lowest BCUT2D eigenvalue weighted by Crippen LogP contribution is -1.88. The first kappa shape index (κ1) is 11.5. The number of rotatable bonds is 1. The van der Waals surface area contributed by atoms with Crippen molar-refractivity contribution < 1.29 is 0 Å². The predicted octanol–water partition coefficient (Wildman–Crippen LogP) is 4.29. The van der Waals surface area contributed by atoms with Crippen molar-refractivity contribution in [2.45, 2.75) is 0 Å². The molecule has 0 aliphatic carbocycles. The topological polar surface area (TPSA) is 38.9 Å². The first-order chi connectivity index (χ1) is 7.58. The zero-order valence-electron chi connectivity index (χ0n) is 8.05. The fourth-order valence-electron chi connectivity index (χ4n) is 1.28. The molecule has 1 aromatic heterocycles. The average Bonchev–Trinajstić information content (AvgIpc) is 2.26. The molecular weight excluding hydrogens is 266 g/mol. The molecule has 0 amide bonds. The van der Waals surface area contributed by atoms with Crippen LogP contribution in [0.15, 0.2) is 30.5 Å². The summed E-state index contributed by atoms with van der Waals surface area (Å²) in [7, 11) is 0. The Bertz CT molecular complexity index is 500. The Labute approximate surface area is 108 Å². The van der Waals surface area contributed by atoms with E-state index in [0.717, 1.165) is 11.3 Å². The molecule has 0 radical (unpaired) electrons. The molecule has 5 heteroatoms. The van der Waals surface area contributed by atoms with Gasteiger partial charge < -0.3 is 5.73 Å². The minimum atomic E-state index is 0.350. The van der Waals surface area contributed by atoms with Gasteiger partial charge >= 0.3 is 0 Å². The number of nitrogen functional groups attached to an aromatic ring is 1. The summed E-state index contributed by atoms with van der Waals surface area (Å²) in [6.45, 7) is 0. The third kappa shape index (κ3) is 2.24. The summed E-state index contributed by atoms with van der Waals surface area (Å²) in [5, 5.41) is 1.16. The SMILES string of the molecule is Nc1ccc(-c2cc(Cl)c(Cl)c(Cl)c2)nc1. The molecule has 16 heavy (non-hydrogen) atoms. The van der Waals surface area contributed by atoms with Crippen molar-refractivity contribution in [2.75, 3.05) is 5.73 Å². The molecule has 0 bridgehead atoms. The highest BCUT2D eigenvalue weighted by Gasteiger charge is 2.07. The van der Waals surface area contributed by atoms with Crippen LogP contribution in [0.1, 0.15) is 0 Å². The molecule has 0 atom stereocenters. The molecule has 2 aromatic rings. The van der Waals surface area contributed by atoms with Gasteiger partial charge in [-0.25, -0.2) is 0 Å². The second-order valence-corrected chi connectivity index (χ2v) is 4.42. The fourth-order valence-corrected chi connectivity index (χ4v) is 1.88. The van der Waals surface area contributed by atoms with E-state index in [-0.39, 0.29) is 0 Å². The highest BCUT2D eigenvalue weighted by molar-refractivity contribution is 6.48. The van der Waals surface area contributed by atoms with Crippen LogP contribution in [0.25, 0.3) is 11.3 Å². The maximum Gasteiger partial charge on any atom is 0.0778 e. The van der Waals surface area contributed by atoms with Gasteiger partial charge in [0.1, 0.15) is 0 Å². The van der Waals surface area contributed by atoms with Crippen LogP contribution >= 0.6 is 34.8 Å². The Balaban J connectivity index is 2.52. The lowest BCUT2D eigenvalue weighted by atomic mass is 10.1. The monoisotopic (exact) mass is 272 g/mol. The lowest BCUT2D eigenvalue weighted by molar-refractivity contribution is 1.33. The maximum absolute atomic E-state index is 5.93. The van der Waals surface area contributed by atoms with Crippen LogP contribution in [0.5, 0.6) is 0 Å². The average molecular weight is 274 g/mol. The molecular formula is C11H7Cl3N2. The lowest BCUT2D eigenvalue weighted by Gasteiger charge is -2.05. The van der Waals surface area contributed by atoms with Crippen molar-refractivity contribution in [3.05, 3.63) is 45.5 Å². The van der Waals surface area contributed by atoms with Crippen LogP contribution in [0.2, 0.25) is 15.1 Å². The van der Waals surface area contributed by atoms with E-state index in [1.54, 1.807) is 30.5 Å². The highest BCUT2D eigenvalue weighted by atomic mass is 35.5. The first-order valence-corrected chi connectivity index (χ1v) is 5.58. The van der Waals surface area contributed by atoms with E-state index in [1.807, 2.05) is 0 Å². The van der Waals surface area contributed by atoms with Gasteiger partial charge in [0.2, 0.25) is 0 Å². The summed E-state index contributed by atoms with van der Waals surface area (Å²) in [5.41, 5.74) is 7.71. The van der Waals surface area contributed by atoms with Gasteiger partial charge in [0.25, 0.3) is 0 Å². The molecule has 2 N–H and O–H groups in total. The van der Waals surface area contributed by atoms with E-state index >= 15 is 0 Å². The molecule has 0 aliphatic rings. The van der Waals surface area contributed by atoms with E-state index in [0.29, 0.717) is 20.8 Å². The van der Waals surface area contributed by atoms with E-state index in [2.05, 4.69) is 4.98 Å². The largest absolute Gasteiger partial charge is 0.397 e. The number of nitrogens with zero attached hydrogens (tertiary/aromatic N) is 1. The fraction of sp³-hybridized carbons (Fsp3) is 0. The zero-order chi connectivity index (χ0) is 11.7. The summed E-state index contributed by atoms with van der Waals surface area (Å²) in [5.74, 6) is 0. The molecule has 1 heterocycles. The van der Waals surface area contributed by atoms with Gasteiger partial charge in [0, 0.05) is 5.56 Å². The van der Waals surface area contributed by atoms with E-state index in [1.165, 1.54) is 0 Å². The molecule has 0 saturated carbocycles. The van der Waals surface area contributed by atoms with Crippen molar-refractivity contribution in [2.24, 2.45) is 0 Å². The third-order valence-electron chi connectivity index (χ3n) is 2.07. The zero-order valence-corrected chi connectivity index (χ0v) is 10.3. The van der Waals surface area contributed by atoms with Gasteiger partial charge in [-0.15, -0.1) is 0 Å². The number of hydrogen-bond acceptors (Lipinski definition) is 2. The third-order valence-corrected chi connectivity index (χ3v) is 3.26. The summed E-state index contributed by atoms with van der Waals surface area (Å²) in [6.07, 6.45) is 1.58. The first-order valence-electron chi connectivity index (χ1n) is 4.44. The summed E-state index contributed by atoms with van der Waals surface area (Å²) in [6, 6.07) is 6.99. The predicted molar refractivity (Wildman–Crippen MR) is 69.1 cm³/mol. The van der Waals surface area contributed by atoms with Crippen LogP contribution in [-0.2, 0) is 0 Å². The highest BCUT2D eigenvalue weighted by Crippen LogP contribution is 2.34. The van der Waals surface area contributed by atoms with Crippen LogP contribution in [0.3, 0.4) is 0 Å². The molecule has 82 valence electrons.